The molecule has 0 aliphatic heterocycles. The Hall–Kier alpha value is -0.0800. The highest BCUT2D eigenvalue weighted by Crippen LogP contribution is 2.24. The number of rotatable bonds is 4. The van der Waals surface area contributed by atoms with Gasteiger partial charge in [0.05, 0.1) is 0 Å². The van der Waals surface area contributed by atoms with Gasteiger partial charge in [-0.1, -0.05) is 26.7 Å². The summed E-state index contributed by atoms with van der Waals surface area (Å²) in [5.74, 6) is 1.43. The van der Waals surface area contributed by atoms with Gasteiger partial charge in [0.15, 0.2) is 0 Å². The second-order valence-electron chi connectivity index (χ2n) is 5.09. The summed E-state index contributed by atoms with van der Waals surface area (Å²) in [6.07, 6.45) is 5.38. The lowest BCUT2D eigenvalue weighted by Crippen LogP contribution is -2.47. The summed E-state index contributed by atoms with van der Waals surface area (Å²) in [4.78, 5) is 0. The predicted molar refractivity (Wildman–Crippen MR) is 62.2 cm³/mol. The van der Waals surface area contributed by atoms with E-state index in [1.54, 1.807) is 0 Å². The van der Waals surface area contributed by atoms with Gasteiger partial charge in [0.2, 0.25) is 0 Å². The van der Waals surface area contributed by atoms with E-state index in [1.807, 2.05) is 0 Å². The Morgan fingerprint density at radius 3 is 2.43 bits per heavy atom. The van der Waals surface area contributed by atoms with E-state index in [0.717, 1.165) is 12.5 Å². The largest absolute Gasteiger partial charge is 0.330 e. The zero-order valence-corrected chi connectivity index (χ0v) is 9.92. The number of nitrogens with two attached hydrogens (primary N) is 1. The van der Waals surface area contributed by atoms with Gasteiger partial charge in [-0.15, -0.1) is 0 Å². The summed E-state index contributed by atoms with van der Waals surface area (Å²) in [6, 6.07) is 1.29. The van der Waals surface area contributed by atoms with Crippen LogP contribution in [0.4, 0.5) is 0 Å². The highest BCUT2D eigenvalue weighted by atomic mass is 15.0. The van der Waals surface area contributed by atoms with Crippen LogP contribution in [0.15, 0.2) is 0 Å². The Morgan fingerprint density at radius 1 is 1.21 bits per heavy atom. The highest BCUT2D eigenvalue weighted by molar-refractivity contribution is 4.83. The van der Waals surface area contributed by atoms with Gasteiger partial charge in [-0.2, -0.15) is 0 Å². The van der Waals surface area contributed by atoms with Gasteiger partial charge in [0, 0.05) is 12.1 Å². The van der Waals surface area contributed by atoms with Crippen LogP contribution in [0.25, 0.3) is 0 Å². The van der Waals surface area contributed by atoms with E-state index in [-0.39, 0.29) is 0 Å². The summed E-state index contributed by atoms with van der Waals surface area (Å²) in [6.45, 7) is 7.69. The molecule has 0 radical (unpaired) electrons. The maximum atomic E-state index is 5.81. The molecule has 1 saturated carbocycles. The summed E-state index contributed by atoms with van der Waals surface area (Å²) >= 11 is 0. The number of nitrogens with one attached hydrogen (secondary N) is 1. The summed E-state index contributed by atoms with van der Waals surface area (Å²) in [5.41, 5.74) is 5.81. The van der Waals surface area contributed by atoms with Crippen molar-refractivity contribution in [3.8, 4) is 0 Å². The molecule has 0 aromatic heterocycles. The van der Waals surface area contributed by atoms with E-state index in [2.05, 4.69) is 26.1 Å². The molecule has 0 aromatic carbocycles. The molecule has 84 valence electrons. The van der Waals surface area contributed by atoms with Crippen LogP contribution in [0.1, 0.15) is 46.5 Å². The van der Waals surface area contributed by atoms with Gasteiger partial charge >= 0.3 is 0 Å². The standard InChI is InChI=1S/C12H26N2/c1-9(2)10(3)14-12-7-5-4-6-11(12)8-13/h9-12,14H,4-8,13H2,1-3H3. The lowest BCUT2D eigenvalue weighted by Gasteiger charge is -2.34. The number of hydrogen-bond acceptors (Lipinski definition) is 2. The molecule has 3 atom stereocenters. The van der Waals surface area contributed by atoms with Crippen LogP contribution >= 0.6 is 0 Å². The minimum atomic E-state index is 0.618. The maximum Gasteiger partial charge on any atom is 0.0110 e. The highest BCUT2D eigenvalue weighted by Gasteiger charge is 2.25. The van der Waals surface area contributed by atoms with Crippen LogP contribution in [-0.2, 0) is 0 Å². The molecule has 0 aromatic rings. The lowest BCUT2D eigenvalue weighted by atomic mass is 9.84. The van der Waals surface area contributed by atoms with E-state index in [9.17, 15) is 0 Å². The molecule has 2 heteroatoms. The zero-order valence-electron chi connectivity index (χ0n) is 9.92. The van der Waals surface area contributed by atoms with Crippen LogP contribution in [0.3, 0.4) is 0 Å². The Bertz CT molecular complexity index is 156. The van der Waals surface area contributed by atoms with E-state index >= 15 is 0 Å². The Labute approximate surface area is 88.6 Å². The van der Waals surface area contributed by atoms with Crippen LogP contribution in [0.2, 0.25) is 0 Å². The molecule has 1 aliphatic rings. The third kappa shape index (κ3) is 3.25. The summed E-state index contributed by atoms with van der Waals surface area (Å²) < 4.78 is 0. The second kappa shape index (κ2) is 5.72. The van der Waals surface area contributed by atoms with Crippen molar-refractivity contribution < 1.29 is 0 Å². The Morgan fingerprint density at radius 2 is 1.86 bits per heavy atom. The summed E-state index contributed by atoms with van der Waals surface area (Å²) in [7, 11) is 0. The van der Waals surface area contributed by atoms with Crippen molar-refractivity contribution in [1.82, 2.24) is 5.32 Å². The molecule has 1 rings (SSSR count). The fourth-order valence-electron chi connectivity index (χ4n) is 2.24. The fourth-order valence-corrected chi connectivity index (χ4v) is 2.24. The monoisotopic (exact) mass is 198 g/mol. The smallest absolute Gasteiger partial charge is 0.0110 e. The summed E-state index contributed by atoms with van der Waals surface area (Å²) in [5, 5.41) is 3.74. The molecule has 1 aliphatic carbocycles. The molecule has 14 heavy (non-hydrogen) atoms. The third-order valence-corrected chi connectivity index (χ3v) is 3.69. The predicted octanol–water partition coefficient (Wildman–Crippen LogP) is 2.14. The molecule has 0 heterocycles. The maximum absolute atomic E-state index is 5.81. The van der Waals surface area contributed by atoms with Crippen molar-refractivity contribution in [3.63, 3.8) is 0 Å². The van der Waals surface area contributed by atoms with Gasteiger partial charge in [0.1, 0.15) is 0 Å². The minimum absolute atomic E-state index is 0.618. The van der Waals surface area contributed by atoms with E-state index in [0.29, 0.717) is 18.0 Å². The molecular formula is C12H26N2. The van der Waals surface area contributed by atoms with E-state index in [4.69, 9.17) is 5.73 Å². The number of hydrogen-bond donors (Lipinski definition) is 2. The topological polar surface area (TPSA) is 38.0 Å². The van der Waals surface area contributed by atoms with Gasteiger partial charge in [-0.25, -0.2) is 0 Å². The van der Waals surface area contributed by atoms with Crippen molar-refractivity contribution in [1.29, 1.82) is 0 Å². The van der Waals surface area contributed by atoms with Crippen LogP contribution < -0.4 is 11.1 Å². The van der Waals surface area contributed by atoms with Gasteiger partial charge in [0.25, 0.3) is 0 Å². The molecule has 3 N–H and O–H groups in total. The average Bonchev–Trinajstić information content (AvgIpc) is 2.18. The van der Waals surface area contributed by atoms with Crippen molar-refractivity contribution in [2.45, 2.75) is 58.5 Å². The van der Waals surface area contributed by atoms with E-state index in [1.165, 1.54) is 25.7 Å². The quantitative estimate of drug-likeness (QED) is 0.726. The van der Waals surface area contributed by atoms with E-state index < -0.39 is 0 Å². The molecule has 0 saturated heterocycles. The van der Waals surface area contributed by atoms with Crippen LogP contribution in [0, 0.1) is 11.8 Å². The first kappa shape index (κ1) is 12.0. The van der Waals surface area contributed by atoms with Crippen molar-refractivity contribution in [2.75, 3.05) is 6.54 Å². The minimum Gasteiger partial charge on any atom is -0.330 e. The van der Waals surface area contributed by atoms with Gasteiger partial charge < -0.3 is 11.1 Å². The van der Waals surface area contributed by atoms with Gasteiger partial charge in [-0.05, 0) is 38.1 Å². The van der Waals surface area contributed by atoms with Gasteiger partial charge in [-0.3, -0.25) is 0 Å². The molecule has 2 nitrogen and oxygen atoms in total. The Balaban J connectivity index is 2.40. The average molecular weight is 198 g/mol. The van der Waals surface area contributed by atoms with Crippen molar-refractivity contribution in [2.24, 2.45) is 17.6 Å². The third-order valence-electron chi connectivity index (χ3n) is 3.69. The SMILES string of the molecule is CC(C)C(C)NC1CCCCC1CN. The molecule has 3 unspecified atom stereocenters. The first-order valence-corrected chi connectivity index (χ1v) is 6.11. The Kier molecular flexibility index (Phi) is 4.90. The zero-order chi connectivity index (χ0) is 10.6. The molecule has 0 amide bonds. The van der Waals surface area contributed by atoms with Crippen molar-refractivity contribution in [3.05, 3.63) is 0 Å². The normalized spacial score (nSPS) is 30.6. The first-order valence-electron chi connectivity index (χ1n) is 6.11. The first-order chi connectivity index (χ1) is 6.65. The van der Waals surface area contributed by atoms with Crippen molar-refractivity contribution >= 4 is 0 Å². The second-order valence-corrected chi connectivity index (χ2v) is 5.09. The molecule has 1 fully saturated rings. The lowest BCUT2D eigenvalue weighted by molar-refractivity contribution is 0.234. The molecule has 0 spiro atoms. The molecular weight excluding hydrogens is 172 g/mol. The molecule has 0 bridgehead atoms. The van der Waals surface area contributed by atoms with Crippen LogP contribution in [0.5, 0.6) is 0 Å². The fraction of sp³-hybridized carbons (Fsp3) is 1.00. The van der Waals surface area contributed by atoms with Crippen LogP contribution in [-0.4, -0.2) is 18.6 Å².